The number of carbonyl (C=O) groups is 2. The average Bonchev–Trinajstić information content (AvgIpc) is 3.22. The molecule has 1 heterocycles. The van der Waals surface area contributed by atoms with Gasteiger partial charge in [0.1, 0.15) is 0 Å². The second-order valence-electron chi connectivity index (χ2n) is 8.08. The molecule has 32 heavy (non-hydrogen) atoms. The number of benzene rings is 2. The molecule has 2 aromatic carbocycles. The van der Waals surface area contributed by atoms with Gasteiger partial charge in [-0.1, -0.05) is 74.0 Å². The van der Waals surface area contributed by atoms with Crippen LogP contribution in [0, 0.1) is 6.92 Å². The minimum absolute atomic E-state index is 0.00429. The molecule has 0 fully saturated rings. The van der Waals surface area contributed by atoms with Gasteiger partial charge in [0, 0.05) is 22.8 Å². The predicted molar refractivity (Wildman–Crippen MR) is 131 cm³/mol. The fourth-order valence-electron chi connectivity index (χ4n) is 3.58. The van der Waals surface area contributed by atoms with E-state index in [9.17, 15) is 9.59 Å². The van der Waals surface area contributed by atoms with Gasteiger partial charge in [-0.25, -0.2) is 0 Å². The summed E-state index contributed by atoms with van der Waals surface area (Å²) < 4.78 is 0. The van der Waals surface area contributed by atoms with Crippen molar-refractivity contribution >= 4 is 23.2 Å². The maximum Gasteiger partial charge on any atom is 0.242 e. The summed E-state index contributed by atoms with van der Waals surface area (Å²) in [5, 5.41) is 0. The van der Waals surface area contributed by atoms with Crippen LogP contribution in [0.25, 0.3) is 0 Å². The quantitative estimate of drug-likeness (QED) is 0.391. The number of rotatable bonds is 11. The lowest BCUT2D eigenvalue weighted by Gasteiger charge is -2.28. The van der Waals surface area contributed by atoms with Gasteiger partial charge < -0.3 is 9.80 Å². The fraction of sp³-hybridized carbons (Fsp3) is 0.333. The van der Waals surface area contributed by atoms with Crippen molar-refractivity contribution < 1.29 is 9.59 Å². The summed E-state index contributed by atoms with van der Waals surface area (Å²) in [6, 6.07) is 23.9. The van der Waals surface area contributed by atoms with Crippen LogP contribution >= 0.6 is 11.3 Å². The summed E-state index contributed by atoms with van der Waals surface area (Å²) in [6.07, 6.45) is 2.18. The van der Waals surface area contributed by atoms with Crippen LogP contribution in [0.4, 0.5) is 0 Å². The Labute approximate surface area is 195 Å². The van der Waals surface area contributed by atoms with Gasteiger partial charge in [-0.3, -0.25) is 9.59 Å². The maximum atomic E-state index is 13.4. The average molecular weight is 449 g/mol. The molecule has 0 saturated carbocycles. The third-order valence-corrected chi connectivity index (χ3v) is 6.36. The molecule has 4 nitrogen and oxygen atoms in total. The Bertz CT molecular complexity index is 985. The molecule has 0 atom stereocenters. The molecule has 0 aliphatic heterocycles. The van der Waals surface area contributed by atoms with Crippen molar-refractivity contribution in [1.29, 1.82) is 0 Å². The summed E-state index contributed by atoms with van der Waals surface area (Å²) in [5.74, 6) is -0.0120. The van der Waals surface area contributed by atoms with Crippen molar-refractivity contribution in [3.05, 3.63) is 93.7 Å². The summed E-state index contributed by atoms with van der Waals surface area (Å²) in [4.78, 5) is 32.5. The van der Waals surface area contributed by atoms with E-state index in [0.717, 1.165) is 28.8 Å². The molecule has 0 N–H and O–H groups in total. The highest BCUT2D eigenvalue weighted by Gasteiger charge is 2.22. The molecule has 0 radical (unpaired) electrons. The number of thiophene rings is 1. The van der Waals surface area contributed by atoms with E-state index >= 15 is 0 Å². The van der Waals surface area contributed by atoms with Crippen molar-refractivity contribution in [2.24, 2.45) is 0 Å². The van der Waals surface area contributed by atoms with E-state index < -0.39 is 0 Å². The lowest BCUT2D eigenvalue weighted by Crippen LogP contribution is -2.43. The first-order valence-corrected chi connectivity index (χ1v) is 12.1. The van der Waals surface area contributed by atoms with E-state index in [-0.39, 0.29) is 18.4 Å². The largest absolute Gasteiger partial charge is 0.333 e. The third-order valence-electron chi connectivity index (χ3n) is 5.37. The van der Waals surface area contributed by atoms with Crippen LogP contribution in [0.5, 0.6) is 0 Å². The zero-order chi connectivity index (χ0) is 22.8. The number of hydrogen-bond donors (Lipinski definition) is 0. The van der Waals surface area contributed by atoms with Gasteiger partial charge in [-0.15, -0.1) is 11.3 Å². The normalized spacial score (nSPS) is 10.7. The molecule has 0 aliphatic carbocycles. The first kappa shape index (κ1) is 23.7. The SMILES string of the molecule is CCCCN(CC(=O)N(Cc1ccccc1)Cc1ccc(C)s1)C(=O)Cc1ccccc1. The maximum absolute atomic E-state index is 13.4. The Morgan fingerprint density at radius 3 is 2.03 bits per heavy atom. The van der Waals surface area contributed by atoms with Crippen molar-refractivity contribution in [2.75, 3.05) is 13.1 Å². The number of nitrogens with zero attached hydrogens (tertiary/aromatic N) is 2. The number of carbonyl (C=O) groups excluding carboxylic acids is 2. The Morgan fingerprint density at radius 1 is 0.781 bits per heavy atom. The zero-order valence-electron chi connectivity index (χ0n) is 19.0. The minimum atomic E-state index is -0.0163. The molecule has 0 aliphatic rings. The Morgan fingerprint density at radius 2 is 1.44 bits per heavy atom. The van der Waals surface area contributed by atoms with Gasteiger partial charge in [-0.05, 0) is 36.6 Å². The van der Waals surface area contributed by atoms with Crippen LogP contribution in [0.3, 0.4) is 0 Å². The van der Waals surface area contributed by atoms with Gasteiger partial charge in [0.05, 0.1) is 19.5 Å². The molecule has 3 rings (SSSR count). The highest BCUT2D eigenvalue weighted by molar-refractivity contribution is 7.11. The van der Waals surface area contributed by atoms with Crippen molar-refractivity contribution in [2.45, 2.75) is 46.2 Å². The van der Waals surface area contributed by atoms with Crippen LogP contribution in [0.1, 0.15) is 40.6 Å². The summed E-state index contributed by atoms with van der Waals surface area (Å²) >= 11 is 1.71. The van der Waals surface area contributed by atoms with Crippen LogP contribution in [-0.4, -0.2) is 34.7 Å². The van der Waals surface area contributed by atoms with Crippen LogP contribution in [-0.2, 0) is 29.1 Å². The molecule has 0 spiro atoms. The molecule has 1 aromatic heterocycles. The molecular weight excluding hydrogens is 416 g/mol. The third kappa shape index (κ3) is 7.34. The summed E-state index contributed by atoms with van der Waals surface area (Å²) in [6.45, 7) is 5.98. The topological polar surface area (TPSA) is 40.6 Å². The molecule has 2 amide bonds. The van der Waals surface area contributed by atoms with Crippen molar-refractivity contribution in [1.82, 2.24) is 9.80 Å². The smallest absolute Gasteiger partial charge is 0.242 e. The fourth-order valence-corrected chi connectivity index (χ4v) is 4.49. The monoisotopic (exact) mass is 448 g/mol. The lowest BCUT2D eigenvalue weighted by molar-refractivity contribution is -0.141. The first-order valence-electron chi connectivity index (χ1n) is 11.2. The molecule has 3 aromatic rings. The number of aryl methyl sites for hydroxylation is 1. The summed E-state index contributed by atoms with van der Waals surface area (Å²) in [5.41, 5.74) is 2.06. The lowest BCUT2D eigenvalue weighted by atomic mass is 10.1. The second kappa shape index (κ2) is 12.2. The van der Waals surface area contributed by atoms with E-state index in [1.807, 2.05) is 65.6 Å². The predicted octanol–water partition coefficient (Wildman–Crippen LogP) is 5.46. The van der Waals surface area contributed by atoms with Crippen LogP contribution in [0.2, 0.25) is 0 Å². The molecule has 0 unspecified atom stereocenters. The van der Waals surface area contributed by atoms with Gasteiger partial charge in [0.2, 0.25) is 11.8 Å². The highest BCUT2D eigenvalue weighted by Crippen LogP contribution is 2.19. The molecule has 5 heteroatoms. The van der Waals surface area contributed by atoms with E-state index in [1.54, 1.807) is 16.2 Å². The van der Waals surface area contributed by atoms with Gasteiger partial charge in [0.25, 0.3) is 0 Å². The zero-order valence-corrected chi connectivity index (χ0v) is 19.8. The number of unbranched alkanes of at least 4 members (excludes halogenated alkanes) is 1. The molecule has 168 valence electrons. The van der Waals surface area contributed by atoms with Gasteiger partial charge in [-0.2, -0.15) is 0 Å². The highest BCUT2D eigenvalue weighted by atomic mass is 32.1. The van der Waals surface area contributed by atoms with E-state index in [1.165, 1.54) is 4.88 Å². The Balaban J connectivity index is 1.74. The number of amides is 2. The minimum Gasteiger partial charge on any atom is -0.333 e. The van der Waals surface area contributed by atoms with Gasteiger partial charge >= 0.3 is 0 Å². The van der Waals surface area contributed by atoms with Crippen molar-refractivity contribution in [3.63, 3.8) is 0 Å². The standard InChI is InChI=1S/C27H32N2O2S/c1-3-4-17-28(26(30)18-23-11-7-5-8-12-23)21-27(31)29(19-24-13-9-6-10-14-24)20-25-16-15-22(2)32-25/h5-16H,3-4,17-21H2,1-2H3. The van der Waals surface area contributed by atoms with Crippen LogP contribution < -0.4 is 0 Å². The summed E-state index contributed by atoms with van der Waals surface area (Å²) in [7, 11) is 0. The van der Waals surface area contributed by atoms with E-state index in [0.29, 0.717) is 26.1 Å². The second-order valence-corrected chi connectivity index (χ2v) is 9.45. The van der Waals surface area contributed by atoms with Crippen LogP contribution in [0.15, 0.2) is 72.8 Å². The Kier molecular flexibility index (Phi) is 9.05. The first-order chi connectivity index (χ1) is 15.5. The molecule has 0 saturated heterocycles. The van der Waals surface area contributed by atoms with Gasteiger partial charge in [0.15, 0.2) is 0 Å². The van der Waals surface area contributed by atoms with E-state index in [2.05, 4.69) is 26.0 Å². The van der Waals surface area contributed by atoms with Crippen molar-refractivity contribution in [3.8, 4) is 0 Å². The molecule has 0 bridgehead atoms. The molecular formula is C27H32N2O2S. The Hall–Kier alpha value is -2.92. The number of hydrogen-bond acceptors (Lipinski definition) is 3. The van der Waals surface area contributed by atoms with E-state index in [4.69, 9.17) is 0 Å².